The minimum Gasteiger partial charge on any atom is -0.124 e. The fraction of sp³-hybridized carbons (Fsp3) is 0.837. The lowest BCUT2D eigenvalue weighted by Gasteiger charge is -1.48. The molecular weight excluding hydrogens is 1180 g/mol. The summed E-state index contributed by atoms with van der Waals surface area (Å²) in [7, 11) is 0. The molecule has 0 aliphatic carbocycles. The van der Waals surface area contributed by atoms with E-state index >= 15 is 0 Å². The minimum absolute atomic E-state index is 0. The first-order valence-corrected chi connectivity index (χ1v) is 38.9. The molecule has 0 saturated carbocycles. The van der Waals surface area contributed by atoms with E-state index in [0.717, 1.165) is 0 Å². The average molecular weight is 1430 g/mol. The van der Waals surface area contributed by atoms with Crippen molar-refractivity contribution >= 4 is 0 Å². The normalized spacial score (nSPS) is 3.84. The third kappa shape index (κ3) is 62500. The zero-order valence-corrected chi connectivity index (χ0v) is 79.8. The molecule has 0 unspecified atom stereocenters. The SMILES string of the molecule is C.C.C.C.C.C.C.C#C.C#C.C#C.C#C.C#C.C#C.C#C.C#C.CC.CC.CC.CC.CC.CC.CC.CC.CC.CC.CC.CC.CC.CC.CC.CCC.CCC.CCC.CCC.CCC.CCC.CCC.CCC.CCC.CCC.CCC.CCC.CCC.CCC.CCC. The Morgan fingerprint density at radius 1 is 0.0816 bits per heavy atom. The highest BCUT2D eigenvalue weighted by Crippen LogP contribution is 1.60. The Kier molecular flexibility index (Phi) is 20900. The summed E-state index contributed by atoms with van der Waals surface area (Å²) in [5, 5.41) is 0. The maximum absolute atomic E-state index is 4.00. The highest BCUT2D eigenvalue weighted by atomic mass is 13.5. The maximum atomic E-state index is 4.00. The van der Waals surface area contributed by atoms with Crippen LogP contribution in [0.3, 0.4) is 0 Å². The monoisotopic (exact) mass is 1430 g/mol. The van der Waals surface area contributed by atoms with E-state index in [2.05, 4.69) is 310 Å². The number of terminal acetylenes is 8. The fourth-order valence-electron chi connectivity index (χ4n) is 0. The van der Waals surface area contributed by atoms with Gasteiger partial charge < -0.3 is 0 Å². The molecule has 0 spiro atoms. The molecule has 0 bridgehead atoms. The van der Waals surface area contributed by atoms with Crippen molar-refractivity contribution in [3.63, 3.8) is 0 Å². The zero-order chi connectivity index (χ0) is 86.6. The Morgan fingerprint density at radius 2 is 0.0816 bits per heavy atom. The van der Waals surface area contributed by atoms with Gasteiger partial charge in [-0.05, 0) is 0 Å². The first-order valence-electron chi connectivity index (χ1n) is 38.9. The van der Waals surface area contributed by atoms with Gasteiger partial charge in [-0.3, -0.25) is 0 Å². The predicted octanol–water partition coefficient (Wildman–Crippen LogP) is 43.1. The van der Waals surface area contributed by atoms with E-state index in [1.165, 1.54) is 96.3 Å². The maximum Gasteiger partial charge on any atom is -0.0590 e. The van der Waals surface area contributed by atoms with Crippen molar-refractivity contribution in [3.05, 3.63) is 0 Å². The lowest BCUT2D eigenvalue weighted by atomic mass is 10.6. The lowest BCUT2D eigenvalue weighted by molar-refractivity contribution is 1.09. The molecule has 0 heteroatoms. The summed E-state index contributed by atoms with van der Waals surface area (Å²) in [5.41, 5.74) is 0. The Hall–Kier alpha value is -3.52. The average Bonchev–Trinajstić information content (AvgIpc) is 3.64. The van der Waals surface area contributed by atoms with Crippen LogP contribution in [0.15, 0.2) is 0 Å². The van der Waals surface area contributed by atoms with Gasteiger partial charge in [-0.25, -0.2) is 0 Å². The van der Waals surface area contributed by atoms with Gasteiger partial charge in [-0.15, -0.1) is 103 Å². The molecule has 646 valence electrons. The van der Waals surface area contributed by atoms with Crippen molar-refractivity contribution in [2.45, 2.75) is 564 Å². The molecule has 0 saturated heterocycles. The van der Waals surface area contributed by atoms with E-state index in [0.29, 0.717) is 0 Å². The van der Waals surface area contributed by atoms with E-state index in [1.54, 1.807) is 0 Å². The van der Waals surface area contributed by atoms with Crippen molar-refractivity contribution < 1.29 is 0 Å². The first-order chi connectivity index (χ1) is 44.2. The number of rotatable bonds is 0. The zero-order valence-electron chi connectivity index (χ0n) is 79.8. The summed E-state index contributed by atoms with van der Waals surface area (Å²) in [6.45, 7) is 124. The number of hydrogen-bond donors (Lipinski definition) is 0. The summed E-state index contributed by atoms with van der Waals surface area (Å²) in [6.07, 6.45) is 82.8. The Bertz CT molecular complexity index is 244. The molecule has 0 N–H and O–H groups in total. The largest absolute Gasteiger partial charge is 0.124 e. The predicted molar refractivity (Wildman–Crippen MR) is 536 cm³/mol. The second-order valence-electron chi connectivity index (χ2n) is 10.6. The summed E-state index contributed by atoms with van der Waals surface area (Å²) < 4.78 is 0. The van der Waals surface area contributed by atoms with Crippen molar-refractivity contribution in [1.29, 1.82) is 0 Å². The minimum atomic E-state index is 0. The Labute approximate surface area is 662 Å². The van der Waals surface area contributed by atoms with Crippen LogP contribution in [0.25, 0.3) is 0 Å². The van der Waals surface area contributed by atoms with Crippen LogP contribution in [0.1, 0.15) is 564 Å². The standard InChI is InChI=1S/15C3H8.15C2H6.8C2H2.7CH4/c15*1-3-2;23*1-2;;;;;;;/h15*3H2,1-2H3;15*1-2H3;8*1-2H;7*1H4. The molecule has 0 amide bonds. The molecule has 0 aliphatic rings. The van der Waals surface area contributed by atoms with E-state index in [-0.39, 0.29) is 52.0 Å². The molecular formula is C98H254. The molecule has 98 heavy (non-hydrogen) atoms. The van der Waals surface area contributed by atoms with Gasteiger partial charge in [0.2, 0.25) is 0 Å². The van der Waals surface area contributed by atoms with Gasteiger partial charge in [0.1, 0.15) is 0 Å². The topological polar surface area (TPSA) is 0 Å². The van der Waals surface area contributed by atoms with Crippen LogP contribution >= 0.6 is 0 Å². The highest BCUT2D eigenvalue weighted by Gasteiger charge is 1.40. The molecule has 0 fully saturated rings. The van der Waals surface area contributed by atoms with Crippen LogP contribution in [0.2, 0.25) is 0 Å². The van der Waals surface area contributed by atoms with Gasteiger partial charge in [0.25, 0.3) is 0 Å². The van der Waals surface area contributed by atoms with Gasteiger partial charge in [0, 0.05) is 0 Å². The molecule has 0 rings (SSSR count). The van der Waals surface area contributed by atoms with Crippen molar-refractivity contribution in [2.75, 3.05) is 0 Å². The van der Waals surface area contributed by atoms with Crippen LogP contribution in [-0.2, 0) is 0 Å². The van der Waals surface area contributed by atoms with Gasteiger partial charge >= 0.3 is 0 Å². The second-order valence-corrected chi connectivity index (χ2v) is 10.6. The van der Waals surface area contributed by atoms with Crippen molar-refractivity contribution in [2.24, 2.45) is 0 Å². The van der Waals surface area contributed by atoms with E-state index in [4.69, 9.17) is 0 Å². The van der Waals surface area contributed by atoms with Crippen LogP contribution in [0.5, 0.6) is 0 Å². The van der Waals surface area contributed by atoms with E-state index in [1.807, 2.05) is 208 Å². The van der Waals surface area contributed by atoms with Gasteiger partial charge in [0.15, 0.2) is 0 Å². The summed E-state index contributed by atoms with van der Waals surface area (Å²) in [5.74, 6) is 0. The van der Waals surface area contributed by atoms with Gasteiger partial charge in [-0.1, -0.05) is 564 Å². The molecule has 0 heterocycles. The lowest BCUT2D eigenvalue weighted by Crippen LogP contribution is -1.27. The highest BCUT2D eigenvalue weighted by molar-refractivity contribution is 4.48. The van der Waals surface area contributed by atoms with Crippen LogP contribution in [0, 0.1) is 103 Å². The van der Waals surface area contributed by atoms with Crippen molar-refractivity contribution in [3.8, 4) is 103 Å². The molecule has 0 nitrogen and oxygen atoms in total. The Balaban J connectivity index is -0.00000000685. The number of hydrogen-bond acceptors (Lipinski definition) is 0. The smallest absolute Gasteiger partial charge is 0.0590 e. The quantitative estimate of drug-likeness (QED) is 0.212. The van der Waals surface area contributed by atoms with E-state index in [9.17, 15) is 0 Å². The summed E-state index contributed by atoms with van der Waals surface area (Å²) in [6, 6.07) is 0. The molecule has 0 aromatic carbocycles. The Morgan fingerprint density at radius 3 is 0.0816 bits per heavy atom. The van der Waals surface area contributed by atoms with Crippen LogP contribution < -0.4 is 0 Å². The third-order valence-electron chi connectivity index (χ3n) is 0. The molecule has 0 aromatic rings. The van der Waals surface area contributed by atoms with Gasteiger partial charge in [-0.2, -0.15) is 0 Å². The third-order valence-corrected chi connectivity index (χ3v) is 0. The molecule has 0 atom stereocenters. The van der Waals surface area contributed by atoms with Crippen LogP contribution in [0.4, 0.5) is 0 Å². The van der Waals surface area contributed by atoms with Crippen molar-refractivity contribution in [1.82, 2.24) is 0 Å². The molecule has 0 radical (unpaired) electrons. The fourth-order valence-corrected chi connectivity index (χ4v) is 0. The van der Waals surface area contributed by atoms with Crippen LogP contribution in [-0.4, -0.2) is 0 Å². The first kappa shape index (κ1) is 337. The second kappa shape index (κ2) is 6070. The molecule has 0 aromatic heterocycles. The van der Waals surface area contributed by atoms with Gasteiger partial charge in [0.05, 0.1) is 0 Å². The molecule has 0 aliphatic heterocycles. The summed E-state index contributed by atoms with van der Waals surface area (Å²) >= 11 is 0. The van der Waals surface area contributed by atoms with E-state index < -0.39 is 0 Å². The summed E-state index contributed by atoms with van der Waals surface area (Å²) in [4.78, 5) is 0.